The van der Waals surface area contributed by atoms with Crippen molar-refractivity contribution in [1.29, 1.82) is 0 Å². The second kappa shape index (κ2) is 7.87. The molecule has 4 aromatic rings. The molecule has 0 radical (unpaired) electrons. The lowest BCUT2D eigenvalue weighted by atomic mass is 10.3. The highest BCUT2D eigenvalue weighted by atomic mass is 32.2. The molecule has 0 aliphatic heterocycles. The standard InChI is InChI=1S/C19H13F2N5O3S/c20-13-2-7-17(16(21)12-13)30(27,28)25-14-3-5-15(6-4-14)29-19-9-8-18(23-24-19)26-11-1-10-22-26/h1-12,25H. The SMILES string of the molecule is O=S(=O)(Nc1ccc(Oc2ccc(-n3cccn3)nn2)cc1)c1ccc(F)cc1F. The van der Waals surface area contributed by atoms with E-state index in [9.17, 15) is 17.2 Å². The zero-order valence-corrected chi connectivity index (χ0v) is 15.9. The van der Waals surface area contributed by atoms with Crippen molar-refractivity contribution in [3.05, 3.63) is 84.7 Å². The number of aromatic nitrogens is 4. The van der Waals surface area contributed by atoms with E-state index in [4.69, 9.17) is 4.74 Å². The number of benzene rings is 2. The van der Waals surface area contributed by atoms with E-state index in [1.807, 2.05) is 0 Å². The topological polar surface area (TPSA) is 99.0 Å². The first-order valence-electron chi connectivity index (χ1n) is 8.50. The van der Waals surface area contributed by atoms with Gasteiger partial charge in [-0.3, -0.25) is 4.72 Å². The predicted octanol–water partition coefficient (Wildman–Crippen LogP) is 3.53. The molecule has 0 saturated carbocycles. The maximum Gasteiger partial charge on any atom is 0.264 e. The minimum absolute atomic E-state index is 0.172. The van der Waals surface area contributed by atoms with E-state index < -0.39 is 26.6 Å². The van der Waals surface area contributed by atoms with Crippen LogP contribution < -0.4 is 9.46 Å². The summed E-state index contributed by atoms with van der Waals surface area (Å²) in [7, 11) is -4.22. The number of nitrogens with one attached hydrogen (secondary N) is 1. The maximum absolute atomic E-state index is 13.8. The zero-order valence-electron chi connectivity index (χ0n) is 15.1. The van der Waals surface area contributed by atoms with Crippen molar-refractivity contribution < 1.29 is 21.9 Å². The molecular formula is C19H13F2N5O3S. The van der Waals surface area contributed by atoms with E-state index >= 15 is 0 Å². The minimum Gasteiger partial charge on any atom is -0.438 e. The lowest BCUT2D eigenvalue weighted by Crippen LogP contribution is -2.14. The number of rotatable bonds is 6. The van der Waals surface area contributed by atoms with Gasteiger partial charge in [-0.05, 0) is 48.5 Å². The quantitative estimate of drug-likeness (QED) is 0.503. The Morgan fingerprint density at radius 2 is 1.77 bits per heavy atom. The third-order valence-corrected chi connectivity index (χ3v) is 5.29. The molecule has 0 unspecified atom stereocenters. The van der Waals surface area contributed by atoms with Crippen LogP contribution >= 0.6 is 0 Å². The third kappa shape index (κ3) is 4.25. The molecule has 0 saturated heterocycles. The Labute approximate surface area is 169 Å². The molecule has 0 fully saturated rings. The molecule has 30 heavy (non-hydrogen) atoms. The minimum atomic E-state index is -4.22. The fourth-order valence-corrected chi connectivity index (χ4v) is 3.63. The zero-order chi connectivity index (χ0) is 21.1. The fourth-order valence-electron chi connectivity index (χ4n) is 2.51. The van der Waals surface area contributed by atoms with Crippen LogP contribution in [-0.2, 0) is 10.0 Å². The number of anilines is 1. The van der Waals surface area contributed by atoms with E-state index in [1.54, 1.807) is 35.3 Å². The van der Waals surface area contributed by atoms with Gasteiger partial charge in [0.1, 0.15) is 22.3 Å². The average Bonchev–Trinajstić information content (AvgIpc) is 3.24. The maximum atomic E-state index is 13.8. The summed E-state index contributed by atoms with van der Waals surface area (Å²) in [5, 5.41) is 12.0. The van der Waals surface area contributed by atoms with E-state index in [-0.39, 0.29) is 11.6 Å². The normalized spacial score (nSPS) is 11.3. The highest BCUT2D eigenvalue weighted by molar-refractivity contribution is 7.92. The van der Waals surface area contributed by atoms with Crippen LogP contribution in [0.5, 0.6) is 11.6 Å². The molecule has 0 aliphatic carbocycles. The van der Waals surface area contributed by atoms with Crippen molar-refractivity contribution in [2.45, 2.75) is 4.90 Å². The van der Waals surface area contributed by atoms with Crippen molar-refractivity contribution in [2.24, 2.45) is 0 Å². The number of halogens is 2. The van der Waals surface area contributed by atoms with Crippen molar-refractivity contribution in [2.75, 3.05) is 4.72 Å². The number of nitrogens with zero attached hydrogens (tertiary/aromatic N) is 4. The third-order valence-electron chi connectivity index (χ3n) is 3.88. The van der Waals surface area contributed by atoms with Gasteiger partial charge in [0, 0.05) is 30.2 Å². The summed E-state index contributed by atoms with van der Waals surface area (Å²) >= 11 is 0. The molecular weight excluding hydrogens is 416 g/mol. The van der Waals surface area contributed by atoms with Crippen LogP contribution in [-0.4, -0.2) is 28.4 Å². The molecule has 1 N–H and O–H groups in total. The van der Waals surface area contributed by atoms with E-state index in [2.05, 4.69) is 20.0 Å². The van der Waals surface area contributed by atoms with E-state index in [0.29, 0.717) is 17.6 Å². The average molecular weight is 429 g/mol. The van der Waals surface area contributed by atoms with Crippen LogP contribution in [0.4, 0.5) is 14.5 Å². The Morgan fingerprint density at radius 3 is 2.40 bits per heavy atom. The monoisotopic (exact) mass is 429 g/mol. The first kappa shape index (κ1) is 19.5. The van der Waals surface area contributed by atoms with E-state index in [1.165, 1.54) is 24.3 Å². The van der Waals surface area contributed by atoms with Crippen molar-refractivity contribution in [3.8, 4) is 17.4 Å². The molecule has 8 nitrogen and oxygen atoms in total. The van der Waals surface area contributed by atoms with Crippen molar-refractivity contribution in [1.82, 2.24) is 20.0 Å². The van der Waals surface area contributed by atoms with E-state index in [0.717, 1.165) is 12.1 Å². The molecule has 0 amide bonds. The molecule has 152 valence electrons. The molecule has 2 aromatic heterocycles. The van der Waals surface area contributed by atoms with Crippen LogP contribution in [0.1, 0.15) is 0 Å². The van der Waals surface area contributed by atoms with Crippen LogP contribution in [0.15, 0.2) is 78.0 Å². The number of hydrogen-bond donors (Lipinski definition) is 1. The van der Waals surface area contributed by atoms with Gasteiger partial charge in [-0.1, -0.05) is 0 Å². The number of sulfonamides is 1. The van der Waals surface area contributed by atoms with Crippen LogP contribution in [0.2, 0.25) is 0 Å². The van der Waals surface area contributed by atoms with Gasteiger partial charge >= 0.3 is 0 Å². The first-order chi connectivity index (χ1) is 14.4. The number of ether oxygens (including phenoxy) is 1. The summed E-state index contributed by atoms with van der Waals surface area (Å²) in [6.07, 6.45) is 3.34. The Hall–Kier alpha value is -3.86. The Kier molecular flexibility index (Phi) is 5.11. The van der Waals surface area contributed by atoms with Gasteiger partial charge in [0.2, 0.25) is 5.88 Å². The number of hydrogen-bond acceptors (Lipinski definition) is 6. The van der Waals surface area contributed by atoms with Gasteiger partial charge in [0.15, 0.2) is 5.82 Å². The molecule has 0 aliphatic rings. The molecule has 11 heteroatoms. The summed E-state index contributed by atoms with van der Waals surface area (Å²) in [5.41, 5.74) is 0.172. The van der Waals surface area contributed by atoms with Crippen LogP contribution in [0.25, 0.3) is 5.82 Å². The summed E-state index contributed by atoms with van der Waals surface area (Å²) in [6, 6.07) is 13.1. The van der Waals surface area contributed by atoms with Crippen LogP contribution in [0, 0.1) is 11.6 Å². The fraction of sp³-hybridized carbons (Fsp3) is 0. The molecule has 0 spiro atoms. The molecule has 0 atom stereocenters. The highest BCUT2D eigenvalue weighted by Crippen LogP contribution is 2.24. The summed E-state index contributed by atoms with van der Waals surface area (Å²) in [5.74, 6) is -0.918. The van der Waals surface area contributed by atoms with Gasteiger partial charge in [-0.15, -0.1) is 10.2 Å². The highest BCUT2D eigenvalue weighted by Gasteiger charge is 2.19. The smallest absolute Gasteiger partial charge is 0.264 e. The Balaban J connectivity index is 1.45. The molecule has 0 bridgehead atoms. The predicted molar refractivity (Wildman–Crippen MR) is 103 cm³/mol. The molecule has 2 aromatic carbocycles. The molecule has 4 rings (SSSR count). The van der Waals surface area contributed by atoms with Gasteiger partial charge in [0.25, 0.3) is 10.0 Å². The lowest BCUT2D eigenvalue weighted by Gasteiger charge is -2.10. The van der Waals surface area contributed by atoms with Gasteiger partial charge < -0.3 is 4.74 Å². The molecule has 2 heterocycles. The van der Waals surface area contributed by atoms with Gasteiger partial charge in [0.05, 0.1) is 0 Å². The lowest BCUT2D eigenvalue weighted by molar-refractivity contribution is 0.454. The summed E-state index contributed by atoms with van der Waals surface area (Å²) in [6.45, 7) is 0. The summed E-state index contributed by atoms with van der Waals surface area (Å²) < 4.78 is 60.7. The second-order valence-electron chi connectivity index (χ2n) is 5.99. The van der Waals surface area contributed by atoms with Crippen LogP contribution in [0.3, 0.4) is 0 Å². The Morgan fingerprint density at radius 1 is 0.967 bits per heavy atom. The van der Waals surface area contributed by atoms with Gasteiger partial charge in [-0.25, -0.2) is 21.9 Å². The summed E-state index contributed by atoms with van der Waals surface area (Å²) in [4.78, 5) is -0.656. The second-order valence-corrected chi connectivity index (χ2v) is 7.64. The van der Waals surface area contributed by atoms with Crippen molar-refractivity contribution in [3.63, 3.8) is 0 Å². The van der Waals surface area contributed by atoms with Crippen molar-refractivity contribution >= 4 is 15.7 Å². The first-order valence-corrected chi connectivity index (χ1v) is 9.98. The van der Waals surface area contributed by atoms with Gasteiger partial charge in [-0.2, -0.15) is 5.10 Å². The largest absolute Gasteiger partial charge is 0.438 e. The Bertz CT molecular complexity index is 1260.